The molecule has 0 amide bonds. The van der Waals surface area contributed by atoms with E-state index in [0.717, 1.165) is 31.2 Å². The molecule has 1 aliphatic rings. The molecule has 3 heteroatoms. The molecule has 0 bridgehead atoms. The van der Waals surface area contributed by atoms with Crippen molar-refractivity contribution in [2.24, 2.45) is 5.92 Å². The van der Waals surface area contributed by atoms with Crippen LogP contribution in [0.25, 0.3) is 0 Å². The van der Waals surface area contributed by atoms with Crippen LogP contribution in [0.1, 0.15) is 44.7 Å². The van der Waals surface area contributed by atoms with Crippen LogP contribution in [0.3, 0.4) is 0 Å². The largest absolute Gasteiger partial charge is 0.492 e. The Labute approximate surface area is 104 Å². The van der Waals surface area contributed by atoms with Gasteiger partial charge in [0.1, 0.15) is 5.75 Å². The van der Waals surface area contributed by atoms with Gasteiger partial charge in [0.2, 0.25) is 0 Å². The van der Waals surface area contributed by atoms with Crippen molar-refractivity contribution in [3.63, 3.8) is 0 Å². The van der Waals surface area contributed by atoms with Crippen LogP contribution in [0.4, 0.5) is 0 Å². The molecule has 1 unspecified atom stereocenters. The zero-order valence-corrected chi connectivity index (χ0v) is 10.8. The van der Waals surface area contributed by atoms with Crippen molar-refractivity contribution in [2.75, 3.05) is 13.2 Å². The zero-order valence-electron chi connectivity index (χ0n) is 10.8. The molecule has 1 aromatic heterocycles. The SMILES string of the molecule is CCCOc1cncc(C(NCC)C2CC2)c1. The predicted octanol–water partition coefficient (Wildman–Crippen LogP) is 2.93. The molecule has 1 N–H and O–H groups in total. The second-order valence-electron chi connectivity index (χ2n) is 4.68. The summed E-state index contributed by atoms with van der Waals surface area (Å²) in [4.78, 5) is 4.29. The number of pyridine rings is 1. The van der Waals surface area contributed by atoms with Gasteiger partial charge in [0.25, 0.3) is 0 Å². The lowest BCUT2D eigenvalue weighted by Crippen LogP contribution is -2.22. The Hall–Kier alpha value is -1.09. The average molecular weight is 234 g/mol. The van der Waals surface area contributed by atoms with Gasteiger partial charge in [-0.3, -0.25) is 4.98 Å². The number of nitrogens with one attached hydrogen (secondary N) is 1. The molecular weight excluding hydrogens is 212 g/mol. The molecular formula is C14H22N2O. The average Bonchev–Trinajstić information content (AvgIpc) is 3.18. The minimum Gasteiger partial charge on any atom is -0.492 e. The molecule has 3 nitrogen and oxygen atoms in total. The fourth-order valence-electron chi connectivity index (χ4n) is 2.11. The van der Waals surface area contributed by atoms with E-state index in [4.69, 9.17) is 4.74 Å². The van der Waals surface area contributed by atoms with Crippen LogP contribution in [-0.2, 0) is 0 Å². The van der Waals surface area contributed by atoms with Gasteiger partial charge in [-0.15, -0.1) is 0 Å². The van der Waals surface area contributed by atoms with Crippen LogP contribution in [-0.4, -0.2) is 18.1 Å². The van der Waals surface area contributed by atoms with Crippen molar-refractivity contribution in [2.45, 2.75) is 39.2 Å². The molecule has 0 aromatic carbocycles. The van der Waals surface area contributed by atoms with Gasteiger partial charge >= 0.3 is 0 Å². The molecule has 0 aliphatic heterocycles. The molecule has 17 heavy (non-hydrogen) atoms. The lowest BCUT2D eigenvalue weighted by molar-refractivity contribution is 0.315. The fraction of sp³-hybridized carbons (Fsp3) is 0.643. The Morgan fingerprint density at radius 3 is 2.88 bits per heavy atom. The summed E-state index contributed by atoms with van der Waals surface area (Å²) in [5.41, 5.74) is 1.27. The van der Waals surface area contributed by atoms with Gasteiger partial charge in [-0.05, 0) is 43.4 Å². The van der Waals surface area contributed by atoms with Gasteiger partial charge in [0, 0.05) is 12.2 Å². The highest BCUT2D eigenvalue weighted by Crippen LogP contribution is 2.41. The standard InChI is InChI=1S/C14H22N2O/c1-3-7-17-13-8-12(9-15-10-13)14(16-4-2)11-5-6-11/h8-11,14,16H,3-7H2,1-2H3. The lowest BCUT2D eigenvalue weighted by Gasteiger charge is -2.18. The third-order valence-electron chi connectivity index (χ3n) is 3.08. The zero-order chi connectivity index (χ0) is 12.1. The van der Waals surface area contributed by atoms with Crippen molar-refractivity contribution in [3.05, 3.63) is 24.0 Å². The lowest BCUT2D eigenvalue weighted by atomic mass is 10.0. The summed E-state index contributed by atoms with van der Waals surface area (Å²) in [5.74, 6) is 1.69. The van der Waals surface area contributed by atoms with E-state index in [1.54, 1.807) is 6.20 Å². The summed E-state index contributed by atoms with van der Waals surface area (Å²) < 4.78 is 5.63. The number of rotatable bonds is 7. The third-order valence-corrected chi connectivity index (χ3v) is 3.08. The summed E-state index contributed by atoms with van der Waals surface area (Å²) in [5, 5.41) is 3.55. The van der Waals surface area contributed by atoms with Crippen LogP contribution in [0.2, 0.25) is 0 Å². The monoisotopic (exact) mass is 234 g/mol. The summed E-state index contributed by atoms with van der Waals surface area (Å²) in [6, 6.07) is 2.59. The first-order valence-electron chi connectivity index (χ1n) is 6.66. The first-order chi connectivity index (χ1) is 8.35. The van der Waals surface area contributed by atoms with Gasteiger partial charge in [-0.25, -0.2) is 0 Å². The summed E-state index contributed by atoms with van der Waals surface area (Å²) in [6.07, 6.45) is 7.46. The Morgan fingerprint density at radius 2 is 2.24 bits per heavy atom. The van der Waals surface area contributed by atoms with Gasteiger partial charge in [-0.1, -0.05) is 13.8 Å². The molecule has 94 valence electrons. The highest BCUT2D eigenvalue weighted by molar-refractivity contribution is 5.27. The van der Waals surface area contributed by atoms with E-state index in [-0.39, 0.29) is 0 Å². The summed E-state index contributed by atoms with van der Waals surface area (Å²) >= 11 is 0. The van der Waals surface area contributed by atoms with Gasteiger partial charge in [-0.2, -0.15) is 0 Å². The van der Waals surface area contributed by atoms with E-state index in [0.29, 0.717) is 6.04 Å². The van der Waals surface area contributed by atoms with Gasteiger partial charge in [0.05, 0.1) is 12.8 Å². The van der Waals surface area contributed by atoms with Gasteiger partial charge < -0.3 is 10.1 Å². The number of aromatic nitrogens is 1. The molecule has 0 radical (unpaired) electrons. The Morgan fingerprint density at radius 1 is 1.41 bits per heavy atom. The maximum atomic E-state index is 5.63. The highest BCUT2D eigenvalue weighted by Gasteiger charge is 2.31. The normalized spacial score (nSPS) is 16.8. The Bertz CT molecular complexity index is 350. The molecule has 1 aliphatic carbocycles. The fourth-order valence-corrected chi connectivity index (χ4v) is 2.11. The number of ether oxygens (including phenoxy) is 1. The quantitative estimate of drug-likeness (QED) is 0.787. The molecule has 1 fully saturated rings. The first kappa shape index (κ1) is 12.4. The van der Waals surface area contributed by atoms with E-state index in [1.165, 1.54) is 18.4 Å². The van der Waals surface area contributed by atoms with E-state index >= 15 is 0 Å². The first-order valence-corrected chi connectivity index (χ1v) is 6.66. The molecule has 1 atom stereocenters. The van der Waals surface area contributed by atoms with Crippen LogP contribution in [0.15, 0.2) is 18.5 Å². The third kappa shape index (κ3) is 3.43. The number of nitrogens with zero attached hydrogens (tertiary/aromatic N) is 1. The molecule has 0 spiro atoms. The predicted molar refractivity (Wildman–Crippen MR) is 69.2 cm³/mol. The van der Waals surface area contributed by atoms with Crippen LogP contribution >= 0.6 is 0 Å². The summed E-state index contributed by atoms with van der Waals surface area (Å²) in [7, 11) is 0. The second kappa shape index (κ2) is 6.01. The van der Waals surface area contributed by atoms with Crippen molar-refractivity contribution in [3.8, 4) is 5.75 Å². The van der Waals surface area contributed by atoms with E-state index < -0.39 is 0 Å². The Balaban J connectivity index is 2.07. The van der Waals surface area contributed by atoms with E-state index in [1.807, 2.05) is 6.20 Å². The maximum absolute atomic E-state index is 5.63. The van der Waals surface area contributed by atoms with Gasteiger partial charge in [0.15, 0.2) is 0 Å². The minimum atomic E-state index is 0.456. The van der Waals surface area contributed by atoms with Crippen LogP contribution in [0, 0.1) is 5.92 Å². The molecule has 1 saturated carbocycles. The highest BCUT2D eigenvalue weighted by atomic mass is 16.5. The minimum absolute atomic E-state index is 0.456. The van der Waals surface area contributed by atoms with Crippen molar-refractivity contribution in [1.29, 1.82) is 0 Å². The summed E-state index contributed by atoms with van der Waals surface area (Å²) in [6.45, 7) is 6.03. The van der Waals surface area contributed by atoms with Crippen molar-refractivity contribution < 1.29 is 4.74 Å². The Kier molecular flexibility index (Phi) is 4.37. The number of hydrogen-bond acceptors (Lipinski definition) is 3. The van der Waals surface area contributed by atoms with Crippen molar-refractivity contribution >= 4 is 0 Å². The van der Waals surface area contributed by atoms with Crippen LogP contribution < -0.4 is 10.1 Å². The molecule has 0 saturated heterocycles. The second-order valence-corrected chi connectivity index (χ2v) is 4.68. The van der Waals surface area contributed by atoms with Crippen molar-refractivity contribution in [1.82, 2.24) is 10.3 Å². The topological polar surface area (TPSA) is 34.1 Å². The molecule has 2 rings (SSSR count). The van der Waals surface area contributed by atoms with E-state index in [2.05, 4.69) is 30.2 Å². The van der Waals surface area contributed by atoms with Crippen LogP contribution in [0.5, 0.6) is 5.75 Å². The maximum Gasteiger partial charge on any atom is 0.137 e. The smallest absolute Gasteiger partial charge is 0.137 e. The molecule has 1 heterocycles. The van der Waals surface area contributed by atoms with E-state index in [9.17, 15) is 0 Å². The number of hydrogen-bond donors (Lipinski definition) is 1. The molecule has 1 aromatic rings.